The highest BCUT2D eigenvalue weighted by molar-refractivity contribution is 5.90. The van der Waals surface area contributed by atoms with Gasteiger partial charge < -0.3 is 11.1 Å². The monoisotopic (exact) mass is 272 g/mol. The van der Waals surface area contributed by atoms with E-state index in [0.29, 0.717) is 13.0 Å². The van der Waals surface area contributed by atoms with Crippen molar-refractivity contribution in [3.63, 3.8) is 0 Å². The van der Waals surface area contributed by atoms with E-state index in [0.717, 1.165) is 29.2 Å². The summed E-state index contributed by atoms with van der Waals surface area (Å²) in [5, 5.41) is 7.35. The maximum Gasteiger partial charge on any atom is 0.224 e. The van der Waals surface area contributed by atoms with Gasteiger partial charge in [-0.25, -0.2) is 0 Å². The van der Waals surface area contributed by atoms with Crippen LogP contribution in [0, 0.1) is 0 Å². The van der Waals surface area contributed by atoms with E-state index in [1.807, 2.05) is 48.9 Å². The summed E-state index contributed by atoms with van der Waals surface area (Å²) >= 11 is 0. The molecule has 1 amide bonds. The number of hydrogen-bond acceptors (Lipinski definition) is 3. The van der Waals surface area contributed by atoms with E-state index >= 15 is 0 Å². The van der Waals surface area contributed by atoms with Crippen molar-refractivity contribution in [2.75, 3.05) is 5.32 Å². The van der Waals surface area contributed by atoms with Crippen LogP contribution in [0.1, 0.15) is 26.0 Å². The van der Waals surface area contributed by atoms with Gasteiger partial charge in [-0.1, -0.05) is 19.1 Å². The van der Waals surface area contributed by atoms with Gasteiger partial charge in [0.1, 0.15) is 0 Å². The Morgan fingerprint density at radius 2 is 2.00 bits per heavy atom. The highest BCUT2D eigenvalue weighted by atomic mass is 16.1. The number of hydrogen-bond donors (Lipinski definition) is 2. The SMILES string of the molecule is CCC(=O)Nc1ccc(-c2cc(CN)n(CC)n2)cc1. The number of benzene rings is 1. The van der Waals surface area contributed by atoms with Crippen molar-refractivity contribution in [2.45, 2.75) is 33.4 Å². The van der Waals surface area contributed by atoms with Gasteiger partial charge in [-0.05, 0) is 25.1 Å². The summed E-state index contributed by atoms with van der Waals surface area (Å²) in [5.41, 5.74) is 9.44. The van der Waals surface area contributed by atoms with E-state index in [4.69, 9.17) is 5.73 Å². The molecule has 0 aliphatic rings. The molecule has 0 radical (unpaired) electrons. The molecule has 0 saturated heterocycles. The number of carbonyl (C=O) groups is 1. The molecule has 0 saturated carbocycles. The molecule has 1 aromatic carbocycles. The first-order valence-electron chi connectivity index (χ1n) is 6.85. The Morgan fingerprint density at radius 1 is 1.30 bits per heavy atom. The number of rotatable bonds is 5. The van der Waals surface area contributed by atoms with E-state index < -0.39 is 0 Å². The number of aromatic nitrogens is 2. The summed E-state index contributed by atoms with van der Waals surface area (Å²) < 4.78 is 1.90. The first-order valence-corrected chi connectivity index (χ1v) is 6.85. The minimum absolute atomic E-state index is 0.0124. The number of nitrogens with zero attached hydrogens (tertiary/aromatic N) is 2. The Hall–Kier alpha value is -2.14. The molecule has 0 aliphatic carbocycles. The van der Waals surface area contributed by atoms with Crippen LogP contribution < -0.4 is 11.1 Å². The van der Waals surface area contributed by atoms with E-state index in [1.165, 1.54) is 0 Å². The molecule has 0 aliphatic heterocycles. The molecule has 3 N–H and O–H groups in total. The number of anilines is 1. The maximum atomic E-state index is 11.3. The third kappa shape index (κ3) is 3.05. The fourth-order valence-electron chi connectivity index (χ4n) is 2.01. The maximum absolute atomic E-state index is 11.3. The molecule has 0 fully saturated rings. The fourth-order valence-corrected chi connectivity index (χ4v) is 2.01. The van der Waals surface area contributed by atoms with Crippen molar-refractivity contribution in [1.82, 2.24) is 9.78 Å². The number of aryl methyl sites for hydroxylation is 1. The third-order valence-corrected chi connectivity index (χ3v) is 3.16. The van der Waals surface area contributed by atoms with Crippen molar-refractivity contribution in [2.24, 2.45) is 5.73 Å². The number of carbonyl (C=O) groups excluding carboxylic acids is 1. The van der Waals surface area contributed by atoms with Crippen molar-refractivity contribution >= 4 is 11.6 Å². The molecule has 5 nitrogen and oxygen atoms in total. The standard InChI is InChI=1S/C15H20N4O/c1-3-15(20)17-12-7-5-11(6-8-12)14-9-13(10-16)19(4-2)18-14/h5-9H,3-4,10,16H2,1-2H3,(H,17,20). The second-order valence-corrected chi connectivity index (χ2v) is 4.52. The largest absolute Gasteiger partial charge is 0.326 e. The lowest BCUT2D eigenvalue weighted by Crippen LogP contribution is -2.09. The van der Waals surface area contributed by atoms with E-state index in [1.54, 1.807) is 0 Å². The van der Waals surface area contributed by atoms with Gasteiger partial charge in [0.15, 0.2) is 0 Å². The molecule has 5 heteroatoms. The second kappa shape index (κ2) is 6.34. The Bertz CT molecular complexity index is 565. The molecule has 2 rings (SSSR count). The lowest BCUT2D eigenvalue weighted by Gasteiger charge is -2.04. The average molecular weight is 272 g/mol. The normalized spacial score (nSPS) is 10.6. The van der Waals surface area contributed by atoms with Crippen LogP contribution in [0.15, 0.2) is 30.3 Å². The van der Waals surface area contributed by atoms with Crippen LogP contribution in [-0.4, -0.2) is 15.7 Å². The van der Waals surface area contributed by atoms with Crippen LogP contribution in [0.5, 0.6) is 0 Å². The summed E-state index contributed by atoms with van der Waals surface area (Å²) in [6, 6.07) is 9.68. The van der Waals surface area contributed by atoms with Crippen LogP contribution in [0.25, 0.3) is 11.3 Å². The van der Waals surface area contributed by atoms with Gasteiger partial charge in [0.05, 0.1) is 11.4 Å². The first-order chi connectivity index (χ1) is 9.67. The van der Waals surface area contributed by atoms with Gasteiger partial charge in [0.25, 0.3) is 0 Å². The summed E-state index contributed by atoms with van der Waals surface area (Å²) in [5.74, 6) is 0.0124. The zero-order chi connectivity index (χ0) is 14.5. The third-order valence-electron chi connectivity index (χ3n) is 3.16. The zero-order valence-electron chi connectivity index (χ0n) is 11.9. The van der Waals surface area contributed by atoms with Crippen molar-refractivity contribution in [1.29, 1.82) is 0 Å². The van der Waals surface area contributed by atoms with Crippen LogP contribution in [0.4, 0.5) is 5.69 Å². The topological polar surface area (TPSA) is 72.9 Å². The quantitative estimate of drug-likeness (QED) is 0.877. The summed E-state index contributed by atoms with van der Waals surface area (Å²) in [6.45, 7) is 5.15. The summed E-state index contributed by atoms with van der Waals surface area (Å²) in [7, 11) is 0. The highest BCUT2D eigenvalue weighted by Crippen LogP contribution is 2.21. The van der Waals surface area contributed by atoms with Gasteiger partial charge in [-0.15, -0.1) is 0 Å². The molecule has 0 spiro atoms. The molecule has 20 heavy (non-hydrogen) atoms. The Kier molecular flexibility index (Phi) is 4.53. The van der Waals surface area contributed by atoms with Gasteiger partial charge in [0, 0.05) is 30.8 Å². The Morgan fingerprint density at radius 3 is 2.50 bits per heavy atom. The van der Waals surface area contributed by atoms with Crippen molar-refractivity contribution in [3.05, 3.63) is 36.0 Å². The zero-order valence-corrected chi connectivity index (χ0v) is 11.9. The molecule has 2 aromatic rings. The number of nitrogens with one attached hydrogen (secondary N) is 1. The molecule has 0 atom stereocenters. The smallest absolute Gasteiger partial charge is 0.224 e. The molecule has 1 aromatic heterocycles. The van der Waals surface area contributed by atoms with E-state index in [9.17, 15) is 4.79 Å². The lowest BCUT2D eigenvalue weighted by atomic mass is 10.1. The fraction of sp³-hybridized carbons (Fsp3) is 0.333. The van der Waals surface area contributed by atoms with Crippen LogP contribution >= 0.6 is 0 Å². The Balaban J connectivity index is 2.21. The Labute approximate surface area is 118 Å². The predicted molar refractivity (Wildman–Crippen MR) is 80.1 cm³/mol. The highest BCUT2D eigenvalue weighted by Gasteiger charge is 2.07. The van der Waals surface area contributed by atoms with Crippen LogP contribution in [0.3, 0.4) is 0 Å². The van der Waals surface area contributed by atoms with Gasteiger partial charge in [-0.2, -0.15) is 5.10 Å². The minimum Gasteiger partial charge on any atom is -0.326 e. The number of amides is 1. The van der Waals surface area contributed by atoms with Gasteiger partial charge >= 0.3 is 0 Å². The molecule has 0 bridgehead atoms. The van der Waals surface area contributed by atoms with E-state index in [2.05, 4.69) is 10.4 Å². The van der Waals surface area contributed by atoms with Gasteiger partial charge in [0.2, 0.25) is 5.91 Å². The van der Waals surface area contributed by atoms with Crippen LogP contribution in [0.2, 0.25) is 0 Å². The second-order valence-electron chi connectivity index (χ2n) is 4.52. The molecular formula is C15H20N4O. The number of nitrogens with two attached hydrogens (primary N) is 1. The van der Waals surface area contributed by atoms with Crippen molar-refractivity contribution < 1.29 is 4.79 Å². The summed E-state index contributed by atoms with van der Waals surface area (Å²) in [4.78, 5) is 11.3. The van der Waals surface area contributed by atoms with Crippen molar-refractivity contribution in [3.8, 4) is 11.3 Å². The summed E-state index contributed by atoms with van der Waals surface area (Å²) in [6.07, 6.45) is 0.475. The molecule has 0 unspecified atom stereocenters. The predicted octanol–water partition coefficient (Wildman–Crippen LogP) is 2.38. The lowest BCUT2D eigenvalue weighted by molar-refractivity contribution is -0.115. The van der Waals surface area contributed by atoms with E-state index in [-0.39, 0.29) is 5.91 Å². The minimum atomic E-state index is 0.0124. The average Bonchev–Trinajstić information content (AvgIpc) is 2.91. The molecule has 106 valence electrons. The first kappa shape index (κ1) is 14.3. The van der Waals surface area contributed by atoms with Gasteiger partial charge in [-0.3, -0.25) is 9.48 Å². The molecular weight excluding hydrogens is 252 g/mol. The van der Waals surface area contributed by atoms with Crippen LogP contribution in [-0.2, 0) is 17.9 Å². The molecule has 1 heterocycles.